The van der Waals surface area contributed by atoms with Gasteiger partial charge in [0.05, 0.1) is 15.6 Å². The second-order valence-electron chi connectivity index (χ2n) is 7.58. The van der Waals surface area contributed by atoms with Crippen molar-refractivity contribution in [1.29, 1.82) is 0 Å². The van der Waals surface area contributed by atoms with Crippen LogP contribution in [0.25, 0.3) is 17.0 Å². The quantitative estimate of drug-likeness (QED) is 0.171. The highest BCUT2D eigenvalue weighted by Gasteiger charge is 2.33. The fourth-order valence-corrected chi connectivity index (χ4v) is 5.99. The first-order chi connectivity index (χ1) is 16.3. The summed E-state index contributed by atoms with van der Waals surface area (Å²) in [4.78, 5) is 15.3. The van der Waals surface area contributed by atoms with Crippen molar-refractivity contribution in [3.05, 3.63) is 102 Å². The molecule has 0 unspecified atom stereocenters. The molecule has 0 saturated carbocycles. The van der Waals surface area contributed by atoms with Crippen molar-refractivity contribution < 1.29 is 4.79 Å². The Bertz CT molecular complexity index is 1520. The van der Waals surface area contributed by atoms with Crippen LogP contribution in [0, 0.1) is 0 Å². The number of thioether (sulfide) groups is 1. The van der Waals surface area contributed by atoms with Gasteiger partial charge < -0.3 is 4.57 Å². The fraction of sp³-hybridized carbons (Fsp3) is 0.0400. The largest absolute Gasteiger partial charge is 0.342 e. The number of hydrogen-bond donors (Lipinski definition) is 0. The number of nitrogens with zero attached hydrogens (tertiary/aromatic N) is 2. The van der Waals surface area contributed by atoms with Gasteiger partial charge >= 0.3 is 0 Å². The summed E-state index contributed by atoms with van der Waals surface area (Å²) in [5, 5.41) is 2.76. The van der Waals surface area contributed by atoms with Gasteiger partial charge in [-0.3, -0.25) is 9.69 Å². The molecular formula is C25H14BrCl3N2OS2. The van der Waals surface area contributed by atoms with E-state index in [1.165, 1.54) is 16.7 Å². The lowest BCUT2D eigenvalue weighted by Gasteiger charge is -2.15. The van der Waals surface area contributed by atoms with Gasteiger partial charge in [0.25, 0.3) is 5.91 Å². The number of rotatable bonds is 4. The van der Waals surface area contributed by atoms with Crippen molar-refractivity contribution in [2.45, 2.75) is 6.54 Å². The molecule has 34 heavy (non-hydrogen) atoms. The fourth-order valence-electron chi connectivity index (χ4n) is 3.81. The van der Waals surface area contributed by atoms with Crippen molar-refractivity contribution in [1.82, 2.24) is 4.57 Å². The molecule has 1 aliphatic rings. The monoisotopic (exact) mass is 606 g/mol. The first-order valence-corrected chi connectivity index (χ1v) is 13.2. The van der Waals surface area contributed by atoms with Crippen molar-refractivity contribution in [3.63, 3.8) is 0 Å². The standard InChI is InChI=1S/C25H14BrCl3N2OS2/c26-19-8-7-17(11-21(19)29)31-24(32)23(34-25(31)33)9-15-13-30(22-4-2-1-3-18(15)22)12-14-5-6-16(27)10-20(14)28/h1-11,13H,12H2/b23-9+. The molecule has 4 aromatic rings. The molecule has 5 rings (SSSR count). The van der Waals surface area contributed by atoms with Crippen LogP contribution in [0.15, 0.2) is 76.2 Å². The van der Waals surface area contributed by atoms with Gasteiger partial charge in [0.2, 0.25) is 0 Å². The number of halogens is 4. The van der Waals surface area contributed by atoms with Crippen molar-refractivity contribution >= 4 is 108 Å². The maximum Gasteiger partial charge on any atom is 0.270 e. The van der Waals surface area contributed by atoms with E-state index in [1.807, 2.05) is 54.7 Å². The van der Waals surface area contributed by atoms with Crippen LogP contribution in [0.1, 0.15) is 11.1 Å². The van der Waals surface area contributed by atoms with E-state index in [0.29, 0.717) is 36.5 Å². The Morgan fingerprint density at radius 1 is 1.00 bits per heavy atom. The van der Waals surface area contributed by atoms with Crippen molar-refractivity contribution in [3.8, 4) is 0 Å². The minimum absolute atomic E-state index is 0.175. The van der Waals surface area contributed by atoms with E-state index in [9.17, 15) is 4.79 Å². The number of carbonyl (C=O) groups is 1. The average Bonchev–Trinajstić information content (AvgIpc) is 3.29. The third-order valence-corrected chi connectivity index (χ3v) is 8.54. The van der Waals surface area contributed by atoms with Crippen molar-refractivity contribution in [2.24, 2.45) is 0 Å². The summed E-state index contributed by atoms with van der Waals surface area (Å²) in [6.45, 7) is 0.572. The first kappa shape index (κ1) is 23.9. The number of anilines is 1. The van der Waals surface area contributed by atoms with E-state index in [1.54, 1.807) is 18.2 Å². The highest BCUT2D eigenvalue weighted by atomic mass is 79.9. The molecule has 2 heterocycles. The summed E-state index contributed by atoms with van der Waals surface area (Å²) >= 11 is 28.9. The maximum absolute atomic E-state index is 13.3. The van der Waals surface area contributed by atoms with Gasteiger partial charge in [0, 0.05) is 43.7 Å². The summed E-state index contributed by atoms with van der Waals surface area (Å²) in [5.74, 6) is -0.175. The predicted octanol–water partition coefficient (Wildman–Crippen LogP) is 8.82. The van der Waals surface area contributed by atoms with E-state index in [2.05, 4.69) is 20.5 Å². The Hall–Kier alpha value is -1.80. The molecule has 1 saturated heterocycles. The molecule has 0 N–H and O–H groups in total. The second kappa shape index (κ2) is 9.69. The summed E-state index contributed by atoms with van der Waals surface area (Å²) in [6.07, 6.45) is 3.92. The van der Waals surface area contributed by atoms with Gasteiger partial charge in [-0.1, -0.05) is 83.0 Å². The van der Waals surface area contributed by atoms with E-state index >= 15 is 0 Å². The lowest BCUT2D eigenvalue weighted by atomic mass is 10.1. The number of para-hydroxylation sites is 1. The van der Waals surface area contributed by atoms with Gasteiger partial charge in [-0.05, 0) is 64.0 Å². The van der Waals surface area contributed by atoms with E-state index in [4.69, 9.17) is 47.0 Å². The molecule has 9 heteroatoms. The second-order valence-corrected chi connectivity index (χ2v) is 11.4. The normalized spacial score (nSPS) is 15.2. The number of fused-ring (bicyclic) bond motifs is 1. The number of amides is 1. The zero-order valence-electron chi connectivity index (χ0n) is 17.3. The topological polar surface area (TPSA) is 25.2 Å². The van der Waals surface area contributed by atoms with Gasteiger partial charge in [0.15, 0.2) is 4.32 Å². The van der Waals surface area contributed by atoms with Crippen LogP contribution in [-0.4, -0.2) is 14.8 Å². The molecule has 1 aliphatic heterocycles. The third kappa shape index (κ3) is 4.55. The van der Waals surface area contributed by atoms with Gasteiger partial charge in [0.1, 0.15) is 0 Å². The Morgan fingerprint density at radius 3 is 2.56 bits per heavy atom. The zero-order chi connectivity index (χ0) is 24.0. The van der Waals surface area contributed by atoms with Crippen LogP contribution < -0.4 is 4.90 Å². The van der Waals surface area contributed by atoms with Crippen LogP contribution in [-0.2, 0) is 11.3 Å². The summed E-state index contributed by atoms with van der Waals surface area (Å²) < 4.78 is 3.34. The molecule has 1 fully saturated rings. The molecule has 1 amide bonds. The molecule has 3 aromatic carbocycles. The number of aromatic nitrogens is 1. The molecule has 3 nitrogen and oxygen atoms in total. The SMILES string of the molecule is O=C1/C(=C\c2cn(Cc3ccc(Cl)cc3Cl)c3ccccc23)SC(=S)N1c1ccc(Br)c(Cl)c1. The molecule has 0 spiro atoms. The van der Waals surface area contributed by atoms with E-state index in [0.717, 1.165) is 26.5 Å². The number of benzene rings is 3. The minimum atomic E-state index is -0.175. The maximum atomic E-state index is 13.3. The minimum Gasteiger partial charge on any atom is -0.342 e. The Morgan fingerprint density at radius 2 is 1.79 bits per heavy atom. The van der Waals surface area contributed by atoms with Crippen LogP contribution in [0.5, 0.6) is 0 Å². The molecule has 0 atom stereocenters. The van der Waals surface area contributed by atoms with Crippen LogP contribution in [0.4, 0.5) is 5.69 Å². The molecule has 170 valence electrons. The lowest BCUT2D eigenvalue weighted by Crippen LogP contribution is -2.27. The lowest BCUT2D eigenvalue weighted by molar-refractivity contribution is -0.113. The third-order valence-electron chi connectivity index (χ3n) is 5.42. The Labute approximate surface area is 229 Å². The summed E-state index contributed by atoms with van der Waals surface area (Å²) in [7, 11) is 0. The van der Waals surface area contributed by atoms with Gasteiger partial charge in [-0.15, -0.1) is 0 Å². The average molecular weight is 609 g/mol. The molecule has 0 radical (unpaired) electrons. The number of thiocarbonyl (C=S) groups is 1. The zero-order valence-corrected chi connectivity index (χ0v) is 22.8. The molecular weight excluding hydrogens is 595 g/mol. The van der Waals surface area contributed by atoms with E-state index in [-0.39, 0.29) is 5.91 Å². The predicted molar refractivity (Wildman–Crippen MR) is 152 cm³/mol. The van der Waals surface area contributed by atoms with E-state index < -0.39 is 0 Å². The molecule has 0 bridgehead atoms. The van der Waals surface area contributed by atoms with Crippen molar-refractivity contribution in [2.75, 3.05) is 4.90 Å². The number of carbonyl (C=O) groups excluding carboxylic acids is 1. The van der Waals surface area contributed by atoms with Gasteiger partial charge in [-0.25, -0.2) is 0 Å². The molecule has 1 aromatic heterocycles. The highest BCUT2D eigenvalue weighted by Crippen LogP contribution is 2.39. The Balaban J connectivity index is 1.52. The van der Waals surface area contributed by atoms with Crippen LogP contribution >= 0.6 is 74.7 Å². The smallest absolute Gasteiger partial charge is 0.270 e. The van der Waals surface area contributed by atoms with Gasteiger partial charge in [-0.2, -0.15) is 0 Å². The molecule has 0 aliphatic carbocycles. The highest BCUT2D eigenvalue weighted by molar-refractivity contribution is 9.10. The van der Waals surface area contributed by atoms with Crippen LogP contribution in [0.2, 0.25) is 15.1 Å². The summed E-state index contributed by atoms with van der Waals surface area (Å²) in [5.41, 5.74) is 3.56. The Kier molecular flexibility index (Phi) is 6.81. The summed E-state index contributed by atoms with van der Waals surface area (Å²) in [6, 6.07) is 18.9. The van der Waals surface area contributed by atoms with Crippen LogP contribution in [0.3, 0.4) is 0 Å². The first-order valence-electron chi connectivity index (χ1n) is 10.1. The number of hydrogen-bond acceptors (Lipinski definition) is 3.